The Morgan fingerprint density at radius 3 is 2.21 bits per heavy atom. The Morgan fingerprint density at radius 1 is 0.909 bits per heavy atom. The SMILES string of the molecule is C/C(=N\NC(=O)c1cc(-c2ccc(CC(C)C)cc2)n[nH]1)c1ccc(-c2ccccc2)cc1. The van der Waals surface area contributed by atoms with E-state index in [0.717, 1.165) is 40.1 Å². The normalized spacial score (nSPS) is 11.6. The summed E-state index contributed by atoms with van der Waals surface area (Å²) in [5.74, 6) is 0.285. The molecule has 0 saturated heterocycles. The van der Waals surface area contributed by atoms with Crippen molar-refractivity contribution < 1.29 is 4.79 Å². The standard InChI is InChI=1S/C28H28N4O/c1-19(2)17-21-9-11-25(12-10-21)26-18-27(31-30-26)28(33)32-29-20(3)22-13-15-24(16-14-22)23-7-5-4-6-8-23/h4-16,18-19H,17H2,1-3H3,(H,30,31)(H,32,33)/b29-20+. The molecule has 1 amide bonds. The van der Waals surface area contributed by atoms with E-state index in [9.17, 15) is 4.79 Å². The zero-order chi connectivity index (χ0) is 23.2. The van der Waals surface area contributed by atoms with Crippen molar-refractivity contribution in [2.24, 2.45) is 11.0 Å². The molecule has 1 aromatic heterocycles. The van der Waals surface area contributed by atoms with Crippen molar-refractivity contribution in [1.29, 1.82) is 0 Å². The molecule has 3 aromatic carbocycles. The molecule has 0 unspecified atom stereocenters. The van der Waals surface area contributed by atoms with Crippen LogP contribution in [0.25, 0.3) is 22.4 Å². The molecule has 0 aliphatic carbocycles. The highest BCUT2D eigenvalue weighted by Gasteiger charge is 2.11. The number of nitrogens with zero attached hydrogens (tertiary/aromatic N) is 2. The Balaban J connectivity index is 1.40. The number of carbonyl (C=O) groups excluding carboxylic acids is 1. The molecule has 5 heteroatoms. The van der Waals surface area contributed by atoms with Gasteiger partial charge in [-0.25, -0.2) is 5.43 Å². The van der Waals surface area contributed by atoms with Crippen molar-refractivity contribution in [2.45, 2.75) is 27.2 Å². The summed E-state index contributed by atoms with van der Waals surface area (Å²) in [7, 11) is 0. The maximum atomic E-state index is 12.6. The average molecular weight is 437 g/mol. The van der Waals surface area contributed by atoms with Gasteiger partial charge in [0.15, 0.2) is 0 Å². The van der Waals surface area contributed by atoms with E-state index in [1.807, 2.05) is 49.4 Å². The second kappa shape index (κ2) is 10.1. The molecule has 0 atom stereocenters. The molecule has 0 fully saturated rings. The number of carbonyl (C=O) groups is 1. The molecule has 0 saturated carbocycles. The molecule has 4 rings (SSSR count). The number of aromatic amines is 1. The third-order valence-electron chi connectivity index (χ3n) is 5.45. The number of hydrazone groups is 1. The number of nitrogens with one attached hydrogen (secondary N) is 2. The second-order valence-corrected chi connectivity index (χ2v) is 8.54. The van der Waals surface area contributed by atoms with Gasteiger partial charge in [-0.15, -0.1) is 0 Å². The topological polar surface area (TPSA) is 70.1 Å². The monoisotopic (exact) mass is 436 g/mol. The lowest BCUT2D eigenvalue weighted by Crippen LogP contribution is -2.19. The molecule has 0 aliphatic rings. The third-order valence-corrected chi connectivity index (χ3v) is 5.45. The summed E-state index contributed by atoms with van der Waals surface area (Å²) in [6.45, 7) is 6.28. The zero-order valence-corrected chi connectivity index (χ0v) is 19.2. The van der Waals surface area contributed by atoms with Gasteiger partial charge in [0, 0.05) is 5.56 Å². The molecule has 0 radical (unpaired) electrons. The van der Waals surface area contributed by atoms with E-state index in [0.29, 0.717) is 11.6 Å². The highest BCUT2D eigenvalue weighted by molar-refractivity contribution is 6.01. The van der Waals surface area contributed by atoms with Crippen LogP contribution < -0.4 is 5.43 Å². The Hall–Kier alpha value is -3.99. The molecular formula is C28H28N4O. The first-order valence-electron chi connectivity index (χ1n) is 11.1. The zero-order valence-electron chi connectivity index (χ0n) is 19.2. The summed E-state index contributed by atoms with van der Waals surface area (Å²) in [4.78, 5) is 12.6. The van der Waals surface area contributed by atoms with Crippen molar-refractivity contribution in [3.63, 3.8) is 0 Å². The van der Waals surface area contributed by atoms with Crippen molar-refractivity contribution in [3.8, 4) is 22.4 Å². The molecule has 166 valence electrons. The van der Waals surface area contributed by atoms with Gasteiger partial charge < -0.3 is 0 Å². The molecule has 4 aromatic rings. The number of hydrogen-bond acceptors (Lipinski definition) is 3. The van der Waals surface area contributed by atoms with E-state index >= 15 is 0 Å². The second-order valence-electron chi connectivity index (χ2n) is 8.54. The maximum absolute atomic E-state index is 12.6. The smallest absolute Gasteiger partial charge is 0.272 e. The highest BCUT2D eigenvalue weighted by Crippen LogP contribution is 2.21. The lowest BCUT2D eigenvalue weighted by atomic mass is 10.0. The third kappa shape index (κ3) is 5.63. The Morgan fingerprint density at radius 2 is 1.55 bits per heavy atom. The minimum atomic E-state index is -0.328. The van der Waals surface area contributed by atoms with Gasteiger partial charge in [0.1, 0.15) is 5.69 Å². The van der Waals surface area contributed by atoms with Gasteiger partial charge in [-0.2, -0.15) is 10.2 Å². The molecule has 2 N–H and O–H groups in total. The van der Waals surface area contributed by atoms with Crippen LogP contribution in [0.2, 0.25) is 0 Å². The van der Waals surface area contributed by atoms with Crippen LogP contribution in [0.15, 0.2) is 90.0 Å². The van der Waals surface area contributed by atoms with Crippen LogP contribution in [0, 0.1) is 5.92 Å². The number of amides is 1. The van der Waals surface area contributed by atoms with Crippen molar-refractivity contribution in [2.75, 3.05) is 0 Å². The molecule has 1 heterocycles. The molecular weight excluding hydrogens is 408 g/mol. The van der Waals surface area contributed by atoms with Gasteiger partial charge >= 0.3 is 0 Å². The van der Waals surface area contributed by atoms with Crippen molar-refractivity contribution in [1.82, 2.24) is 15.6 Å². The van der Waals surface area contributed by atoms with Crippen LogP contribution in [-0.4, -0.2) is 21.8 Å². The lowest BCUT2D eigenvalue weighted by molar-refractivity contribution is 0.0950. The molecule has 0 bridgehead atoms. The van der Waals surface area contributed by atoms with E-state index in [4.69, 9.17) is 0 Å². The number of aromatic nitrogens is 2. The predicted molar refractivity (Wildman–Crippen MR) is 134 cm³/mol. The minimum absolute atomic E-state index is 0.328. The summed E-state index contributed by atoms with van der Waals surface area (Å²) >= 11 is 0. The first-order valence-corrected chi connectivity index (χ1v) is 11.1. The van der Waals surface area contributed by atoms with Crippen LogP contribution in [0.4, 0.5) is 0 Å². The Labute approximate surface area is 194 Å². The number of hydrogen-bond donors (Lipinski definition) is 2. The van der Waals surface area contributed by atoms with Gasteiger partial charge in [-0.3, -0.25) is 9.89 Å². The summed E-state index contributed by atoms with van der Waals surface area (Å²) < 4.78 is 0. The van der Waals surface area contributed by atoms with Crippen LogP contribution in [0.5, 0.6) is 0 Å². The highest BCUT2D eigenvalue weighted by atomic mass is 16.2. The van der Waals surface area contributed by atoms with E-state index in [1.165, 1.54) is 5.56 Å². The minimum Gasteiger partial charge on any atom is -0.272 e. The van der Waals surface area contributed by atoms with Gasteiger partial charge in [0.2, 0.25) is 0 Å². The molecule has 0 aliphatic heterocycles. The van der Waals surface area contributed by atoms with E-state index in [-0.39, 0.29) is 5.91 Å². The molecule has 0 spiro atoms. The fourth-order valence-corrected chi connectivity index (χ4v) is 3.66. The summed E-state index contributed by atoms with van der Waals surface area (Å²) in [5.41, 5.74) is 9.95. The summed E-state index contributed by atoms with van der Waals surface area (Å²) in [6, 6.07) is 28.4. The first-order chi connectivity index (χ1) is 16.0. The van der Waals surface area contributed by atoms with Crippen LogP contribution in [0.3, 0.4) is 0 Å². The van der Waals surface area contributed by atoms with E-state index in [1.54, 1.807) is 6.07 Å². The fraction of sp³-hybridized carbons (Fsp3) is 0.179. The maximum Gasteiger partial charge on any atom is 0.289 e. The first kappa shape index (κ1) is 22.2. The number of benzene rings is 3. The van der Waals surface area contributed by atoms with Crippen molar-refractivity contribution >= 4 is 11.6 Å². The summed E-state index contributed by atoms with van der Waals surface area (Å²) in [5, 5.41) is 11.4. The quantitative estimate of drug-likeness (QED) is 0.272. The molecule has 33 heavy (non-hydrogen) atoms. The lowest BCUT2D eigenvalue weighted by Gasteiger charge is -2.05. The number of H-pyrrole nitrogens is 1. The Kier molecular flexibility index (Phi) is 6.79. The van der Waals surface area contributed by atoms with E-state index in [2.05, 4.69) is 71.0 Å². The van der Waals surface area contributed by atoms with Gasteiger partial charge in [0.05, 0.1) is 11.4 Å². The van der Waals surface area contributed by atoms with Gasteiger partial charge in [-0.1, -0.05) is 92.7 Å². The Bertz CT molecular complexity index is 1240. The predicted octanol–water partition coefficient (Wildman–Crippen LogP) is 6.10. The van der Waals surface area contributed by atoms with Crippen LogP contribution in [-0.2, 0) is 6.42 Å². The van der Waals surface area contributed by atoms with E-state index < -0.39 is 0 Å². The van der Waals surface area contributed by atoms with Crippen LogP contribution in [0.1, 0.15) is 42.4 Å². The van der Waals surface area contributed by atoms with Gasteiger partial charge in [-0.05, 0) is 47.6 Å². The summed E-state index contributed by atoms with van der Waals surface area (Å²) in [6.07, 6.45) is 1.04. The van der Waals surface area contributed by atoms with Crippen LogP contribution >= 0.6 is 0 Å². The average Bonchev–Trinajstić information content (AvgIpc) is 3.33. The number of rotatable bonds is 7. The largest absolute Gasteiger partial charge is 0.289 e. The van der Waals surface area contributed by atoms with Crippen molar-refractivity contribution in [3.05, 3.63) is 102 Å². The fourth-order valence-electron chi connectivity index (χ4n) is 3.66. The van der Waals surface area contributed by atoms with Gasteiger partial charge in [0.25, 0.3) is 5.91 Å². The molecule has 5 nitrogen and oxygen atoms in total.